The summed E-state index contributed by atoms with van der Waals surface area (Å²) in [6.07, 6.45) is 11.1. The van der Waals surface area contributed by atoms with Gasteiger partial charge in [-0.25, -0.2) is 4.39 Å². The molecule has 4 rings (SSSR count). The third-order valence-corrected chi connectivity index (χ3v) is 7.59. The summed E-state index contributed by atoms with van der Waals surface area (Å²) in [7, 11) is 1.59. The van der Waals surface area contributed by atoms with Crippen molar-refractivity contribution >= 4 is 17.7 Å². The third-order valence-electron chi connectivity index (χ3n) is 7.59. The number of oxime groups is 1. The molecule has 192 valence electrons. The summed E-state index contributed by atoms with van der Waals surface area (Å²) < 4.78 is 13.0. The number of amides is 1. The summed E-state index contributed by atoms with van der Waals surface area (Å²) in [6, 6.07) is 13.1. The molecule has 5 nitrogen and oxygen atoms in total. The second-order valence-corrected chi connectivity index (χ2v) is 10.1. The van der Waals surface area contributed by atoms with E-state index in [-0.39, 0.29) is 17.8 Å². The van der Waals surface area contributed by atoms with E-state index >= 15 is 0 Å². The second kappa shape index (κ2) is 12.8. The van der Waals surface area contributed by atoms with Gasteiger partial charge in [0.2, 0.25) is 5.91 Å². The molecular formula is C30H38FN3O2. The van der Waals surface area contributed by atoms with E-state index in [1.54, 1.807) is 31.4 Å². The fraction of sp³-hybridized carbons (Fsp3) is 0.467. The van der Waals surface area contributed by atoms with Gasteiger partial charge in [-0.2, -0.15) is 0 Å². The standard InChI is InChI=1S/C30H38FN3O2/c1-22(33-36-2)26-9-8-25-16-19-34(20-17-27(25)21-26)18-15-24-5-12-29(13-6-24)32-30(35)14-7-23-3-10-28(31)11-4-23/h3-4,7-11,14,21,24,29H,5-6,12-13,15-20H2,1-2H3,(H,32,35)/b14-7+,33-22+. The minimum atomic E-state index is -0.271. The third kappa shape index (κ3) is 7.50. The van der Waals surface area contributed by atoms with E-state index in [2.05, 4.69) is 33.6 Å². The van der Waals surface area contributed by atoms with Gasteiger partial charge in [-0.3, -0.25) is 4.79 Å². The molecule has 1 amide bonds. The lowest BCUT2D eigenvalue weighted by atomic mass is 9.84. The number of carbonyl (C=O) groups excluding carboxylic acids is 1. The minimum Gasteiger partial charge on any atom is -0.399 e. The molecule has 1 aliphatic heterocycles. The van der Waals surface area contributed by atoms with Gasteiger partial charge in [-0.1, -0.05) is 29.4 Å². The summed E-state index contributed by atoms with van der Waals surface area (Å²) >= 11 is 0. The lowest BCUT2D eigenvalue weighted by molar-refractivity contribution is -0.117. The van der Waals surface area contributed by atoms with Gasteiger partial charge in [0.15, 0.2) is 0 Å². The Bertz CT molecular complexity index is 1070. The van der Waals surface area contributed by atoms with Gasteiger partial charge in [-0.05, 0) is 111 Å². The van der Waals surface area contributed by atoms with Crippen LogP contribution in [0.25, 0.3) is 6.08 Å². The minimum absolute atomic E-state index is 0.0706. The highest BCUT2D eigenvalue weighted by atomic mass is 19.1. The van der Waals surface area contributed by atoms with Crippen molar-refractivity contribution in [3.8, 4) is 0 Å². The molecule has 36 heavy (non-hydrogen) atoms. The molecule has 0 atom stereocenters. The maximum absolute atomic E-state index is 13.0. The number of hydrogen-bond acceptors (Lipinski definition) is 4. The first-order valence-corrected chi connectivity index (χ1v) is 13.2. The number of halogens is 1. The van der Waals surface area contributed by atoms with Crippen molar-refractivity contribution in [2.45, 2.75) is 57.9 Å². The Kier molecular flexibility index (Phi) is 9.29. The number of fused-ring (bicyclic) bond motifs is 1. The molecule has 1 heterocycles. The first-order chi connectivity index (χ1) is 17.5. The fourth-order valence-electron chi connectivity index (χ4n) is 5.37. The average molecular weight is 492 g/mol. The zero-order valence-corrected chi connectivity index (χ0v) is 21.5. The van der Waals surface area contributed by atoms with Gasteiger partial charge >= 0.3 is 0 Å². The topological polar surface area (TPSA) is 53.9 Å². The predicted octanol–water partition coefficient (Wildman–Crippen LogP) is 5.38. The van der Waals surface area contributed by atoms with E-state index in [0.29, 0.717) is 0 Å². The quantitative estimate of drug-likeness (QED) is 0.307. The second-order valence-electron chi connectivity index (χ2n) is 10.1. The van der Waals surface area contributed by atoms with Crippen LogP contribution in [0.4, 0.5) is 4.39 Å². The van der Waals surface area contributed by atoms with Crippen molar-refractivity contribution in [1.82, 2.24) is 10.2 Å². The van der Waals surface area contributed by atoms with Crippen molar-refractivity contribution in [3.05, 3.63) is 76.6 Å². The Labute approximate surface area is 214 Å². The molecule has 2 aromatic rings. The lowest BCUT2D eigenvalue weighted by Gasteiger charge is -2.30. The highest BCUT2D eigenvalue weighted by Gasteiger charge is 2.23. The molecule has 2 aliphatic rings. The normalized spacial score (nSPS) is 21.1. The van der Waals surface area contributed by atoms with Crippen molar-refractivity contribution in [3.63, 3.8) is 0 Å². The van der Waals surface area contributed by atoms with Crippen LogP contribution in [0.2, 0.25) is 0 Å². The van der Waals surface area contributed by atoms with Crippen LogP contribution in [0.15, 0.2) is 53.7 Å². The predicted molar refractivity (Wildman–Crippen MR) is 143 cm³/mol. The van der Waals surface area contributed by atoms with Crippen LogP contribution in [-0.2, 0) is 22.5 Å². The van der Waals surface area contributed by atoms with Gasteiger partial charge in [0.05, 0.1) is 5.71 Å². The van der Waals surface area contributed by atoms with Crippen molar-refractivity contribution in [2.75, 3.05) is 26.7 Å². The van der Waals surface area contributed by atoms with Gasteiger partial charge in [0.1, 0.15) is 12.9 Å². The zero-order chi connectivity index (χ0) is 25.3. The number of rotatable bonds is 8. The van der Waals surface area contributed by atoms with E-state index in [1.165, 1.54) is 42.5 Å². The van der Waals surface area contributed by atoms with E-state index in [4.69, 9.17) is 4.84 Å². The summed E-state index contributed by atoms with van der Waals surface area (Å²) in [4.78, 5) is 19.8. The maximum Gasteiger partial charge on any atom is 0.244 e. The molecule has 0 saturated heterocycles. The molecule has 6 heteroatoms. The zero-order valence-electron chi connectivity index (χ0n) is 21.5. The van der Waals surface area contributed by atoms with Gasteiger partial charge in [0.25, 0.3) is 0 Å². The van der Waals surface area contributed by atoms with Crippen LogP contribution in [0.5, 0.6) is 0 Å². The Morgan fingerprint density at radius 3 is 2.53 bits per heavy atom. The van der Waals surface area contributed by atoms with E-state index in [0.717, 1.165) is 68.1 Å². The summed E-state index contributed by atoms with van der Waals surface area (Å²) in [5, 5.41) is 7.22. The van der Waals surface area contributed by atoms with Crippen molar-refractivity contribution < 1.29 is 14.0 Å². The number of nitrogens with one attached hydrogen (secondary N) is 1. The number of benzene rings is 2. The number of carbonyl (C=O) groups is 1. The monoisotopic (exact) mass is 491 g/mol. The summed E-state index contributed by atoms with van der Waals surface area (Å²) in [5.41, 5.74) is 5.76. The van der Waals surface area contributed by atoms with Crippen molar-refractivity contribution in [1.29, 1.82) is 0 Å². The Balaban J connectivity index is 1.17. The highest BCUT2D eigenvalue weighted by Crippen LogP contribution is 2.28. The van der Waals surface area contributed by atoms with Crippen LogP contribution in [0, 0.1) is 11.7 Å². The van der Waals surface area contributed by atoms with Crippen molar-refractivity contribution in [2.24, 2.45) is 11.1 Å². The van der Waals surface area contributed by atoms with Crippen LogP contribution >= 0.6 is 0 Å². The first kappa shape index (κ1) is 26.1. The smallest absolute Gasteiger partial charge is 0.244 e. The molecule has 1 fully saturated rings. The van der Waals surface area contributed by atoms with E-state index in [9.17, 15) is 9.18 Å². The van der Waals surface area contributed by atoms with E-state index < -0.39 is 0 Å². The molecule has 0 unspecified atom stereocenters. The van der Waals surface area contributed by atoms with Gasteiger partial charge in [-0.15, -0.1) is 0 Å². The maximum atomic E-state index is 13.0. The number of nitrogens with zero attached hydrogens (tertiary/aromatic N) is 2. The van der Waals surface area contributed by atoms with Gasteiger partial charge in [0, 0.05) is 25.2 Å². The van der Waals surface area contributed by atoms with E-state index in [1.807, 2.05) is 6.92 Å². The number of hydrogen-bond donors (Lipinski definition) is 1. The summed E-state index contributed by atoms with van der Waals surface area (Å²) in [5.74, 6) is 0.393. The van der Waals surface area contributed by atoms with Crippen LogP contribution in [0.1, 0.15) is 61.3 Å². The molecule has 0 bridgehead atoms. The molecule has 1 N–H and O–H groups in total. The van der Waals surface area contributed by atoms with Crippen LogP contribution < -0.4 is 5.32 Å². The molecule has 0 radical (unpaired) electrons. The average Bonchev–Trinajstić information content (AvgIpc) is 3.10. The van der Waals surface area contributed by atoms with Gasteiger partial charge < -0.3 is 15.1 Å². The largest absolute Gasteiger partial charge is 0.399 e. The Hall–Kier alpha value is -2.99. The lowest BCUT2D eigenvalue weighted by Crippen LogP contribution is -2.37. The fourth-order valence-corrected chi connectivity index (χ4v) is 5.37. The molecule has 1 aliphatic carbocycles. The first-order valence-electron chi connectivity index (χ1n) is 13.2. The Morgan fingerprint density at radius 1 is 1.08 bits per heavy atom. The Morgan fingerprint density at radius 2 is 1.81 bits per heavy atom. The summed E-state index contributed by atoms with van der Waals surface area (Å²) in [6.45, 7) is 5.35. The SMILES string of the molecule is CO/N=C(\C)c1ccc2c(c1)CCN(CCC1CCC(NC(=O)/C=C/c3ccc(F)cc3)CC1)CC2. The molecule has 1 saturated carbocycles. The van der Waals surface area contributed by atoms with Crippen LogP contribution in [-0.4, -0.2) is 49.3 Å². The molecule has 0 spiro atoms. The molecule has 0 aromatic heterocycles. The highest BCUT2D eigenvalue weighted by molar-refractivity contribution is 5.98. The van der Waals surface area contributed by atoms with Crippen LogP contribution in [0.3, 0.4) is 0 Å². The molecule has 2 aromatic carbocycles. The molecular weight excluding hydrogens is 453 g/mol.